The number of benzene rings is 3. The molecule has 2 saturated heterocycles. The van der Waals surface area contributed by atoms with Gasteiger partial charge in [0.25, 0.3) is 0 Å². The smallest absolute Gasteiger partial charge is 0.324 e. The first kappa shape index (κ1) is 42.0. The quantitative estimate of drug-likeness (QED) is 0.0566. The second-order valence-electron chi connectivity index (χ2n) is 15.7. The van der Waals surface area contributed by atoms with Gasteiger partial charge in [-0.2, -0.15) is 9.90 Å². The molecule has 0 bridgehead atoms. The Bertz CT molecular complexity index is 2460. The van der Waals surface area contributed by atoms with Gasteiger partial charge < -0.3 is 54.6 Å². The van der Waals surface area contributed by atoms with Crippen LogP contribution in [0, 0.1) is 25.7 Å². The summed E-state index contributed by atoms with van der Waals surface area (Å²) in [5.41, 5.74) is 5.47. The number of hydrogen-bond donors (Lipinski definition) is 8. The Balaban J connectivity index is 1.11. The topological polar surface area (TPSA) is 251 Å². The number of carboxylic acid groups (broad SMARTS) is 1. The van der Waals surface area contributed by atoms with Crippen LogP contribution in [-0.2, 0) is 23.9 Å². The summed E-state index contributed by atoms with van der Waals surface area (Å²) < 4.78 is 23.5. The van der Waals surface area contributed by atoms with Crippen LogP contribution in [0.3, 0.4) is 0 Å². The van der Waals surface area contributed by atoms with Crippen molar-refractivity contribution in [3.63, 3.8) is 0 Å². The summed E-state index contributed by atoms with van der Waals surface area (Å²) in [6.45, 7) is 4.17. The Morgan fingerprint density at radius 2 is 1.77 bits per heavy atom. The number of aromatic hydroxyl groups is 1. The van der Waals surface area contributed by atoms with Gasteiger partial charge in [0.2, 0.25) is 18.7 Å². The van der Waals surface area contributed by atoms with E-state index >= 15 is 0 Å². The van der Waals surface area contributed by atoms with Gasteiger partial charge in [0.1, 0.15) is 47.8 Å². The number of carboxylic acids is 1. The standard InChI is InChI=1S/C44H45N3O14/c1-21-14-22(2)16-26(15-21)35-34-24(11-13-46-34)18-47(35)61-40-38(52)37(51)39(43(56)60-42(55)32(41(53)54)33-25(19-48)4-3-12-45-33)59-44(40)58-28-9-10-29-31(17-28)57-20-30(36(29)50)23-5-7-27(49)8-6-23/h5-11,13-17,20,25,32-33,37-40,43-45,48-49,51-52,56H,3-4,12,18-19H2,1-2H3,(H,53,54)/p+1/t25-,32+,33+,37-,38-,39-,40+,43+,44+/m1/s1. The molecule has 61 heavy (non-hydrogen) atoms. The molecule has 3 aromatic carbocycles. The summed E-state index contributed by atoms with van der Waals surface area (Å²) in [6, 6.07) is 15.3. The number of quaternary nitrogens is 1. The van der Waals surface area contributed by atoms with Crippen molar-refractivity contribution in [2.75, 3.05) is 19.7 Å². The number of piperidine rings is 1. The Morgan fingerprint density at radius 3 is 2.49 bits per heavy atom. The van der Waals surface area contributed by atoms with Crippen LogP contribution in [0.15, 0.2) is 98.5 Å². The third-order valence-electron chi connectivity index (χ3n) is 11.5. The molecular weight excluding hydrogens is 794 g/mol. The number of aliphatic imine (C=N–C) groups is 1. The number of phenols is 1. The van der Waals surface area contributed by atoms with Crippen LogP contribution in [0.4, 0.5) is 0 Å². The monoisotopic (exact) mass is 840 g/mol. The average Bonchev–Trinajstić information content (AvgIpc) is 3.82. The molecule has 10 atom stereocenters. The molecule has 8 rings (SSSR count). The highest BCUT2D eigenvalue weighted by molar-refractivity contribution is 5.95. The molecule has 0 amide bonds. The normalized spacial score (nSPS) is 27.1. The average molecular weight is 841 g/mol. The first-order valence-corrected chi connectivity index (χ1v) is 19.9. The van der Waals surface area contributed by atoms with E-state index in [4.69, 9.17) is 23.5 Å². The van der Waals surface area contributed by atoms with E-state index in [9.17, 15) is 45.0 Å². The second kappa shape index (κ2) is 17.3. The molecule has 0 radical (unpaired) electrons. The lowest BCUT2D eigenvalue weighted by molar-refractivity contribution is -1.04. The van der Waals surface area contributed by atoms with Gasteiger partial charge in [-0.25, -0.2) is 4.99 Å². The zero-order valence-corrected chi connectivity index (χ0v) is 33.1. The van der Waals surface area contributed by atoms with E-state index in [2.05, 4.69) is 10.3 Å². The van der Waals surface area contributed by atoms with Gasteiger partial charge in [-0.3, -0.25) is 14.4 Å². The number of esters is 1. The highest BCUT2D eigenvalue weighted by Crippen LogP contribution is 2.33. The fraction of sp³-hybridized carbons (Fsp3) is 0.364. The molecule has 0 aliphatic carbocycles. The number of hydroxylamine groups is 2. The maximum Gasteiger partial charge on any atom is 0.324 e. The van der Waals surface area contributed by atoms with E-state index in [1.54, 1.807) is 18.3 Å². The van der Waals surface area contributed by atoms with E-state index in [-0.39, 0.29) is 40.0 Å². The van der Waals surface area contributed by atoms with E-state index in [0.29, 0.717) is 41.4 Å². The van der Waals surface area contributed by atoms with E-state index in [1.165, 1.54) is 36.6 Å². The number of aryl methyl sites for hydroxylation is 2. The molecule has 4 aliphatic heterocycles. The maximum absolute atomic E-state index is 13.5. The molecule has 8 N–H and O–H groups in total. The third kappa shape index (κ3) is 8.34. The van der Waals surface area contributed by atoms with Gasteiger partial charge in [-0.15, -0.1) is 0 Å². The predicted molar refractivity (Wildman–Crippen MR) is 216 cm³/mol. The van der Waals surface area contributed by atoms with Crippen molar-refractivity contribution in [2.24, 2.45) is 16.8 Å². The highest BCUT2D eigenvalue weighted by atomic mass is 16.8. The fourth-order valence-corrected chi connectivity index (χ4v) is 8.52. The minimum absolute atomic E-state index is 0.0313. The Hall–Kier alpha value is -5.76. The van der Waals surface area contributed by atoms with Gasteiger partial charge >= 0.3 is 11.9 Å². The first-order chi connectivity index (χ1) is 29.3. The predicted octanol–water partition coefficient (Wildman–Crippen LogP) is 1.11. The number of allylic oxidation sites excluding steroid dienone is 1. The number of hydrogen-bond acceptors (Lipinski definition) is 15. The Morgan fingerprint density at radius 1 is 1.02 bits per heavy atom. The number of carbonyl (C=O) groups excluding carboxylic acids is 1. The number of nitrogens with zero attached hydrogens (tertiary/aromatic N) is 1. The molecule has 4 aliphatic rings. The second-order valence-corrected chi connectivity index (χ2v) is 15.7. The van der Waals surface area contributed by atoms with Crippen molar-refractivity contribution in [3.8, 4) is 22.6 Å². The molecule has 1 aromatic heterocycles. The van der Waals surface area contributed by atoms with Crippen molar-refractivity contribution < 1.29 is 68.8 Å². The summed E-state index contributed by atoms with van der Waals surface area (Å²) in [7, 11) is 0. The molecule has 4 aromatic rings. The molecule has 17 nitrogen and oxygen atoms in total. The van der Waals surface area contributed by atoms with E-state index < -0.39 is 73.4 Å². The van der Waals surface area contributed by atoms with Crippen LogP contribution in [0.1, 0.15) is 29.5 Å². The number of carbonyl (C=O) groups is 2. The molecule has 0 spiro atoms. The zero-order valence-electron chi connectivity index (χ0n) is 33.1. The van der Waals surface area contributed by atoms with Crippen LogP contribution in [0.25, 0.3) is 27.8 Å². The van der Waals surface area contributed by atoms with Crippen molar-refractivity contribution in [2.45, 2.75) is 69.7 Å². The number of fused-ring (bicyclic) bond motifs is 2. The van der Waals surface area contributed by atoms with Gasteiger partial charge in [0.15, 0.2) is 23.1 Å². The number of nitrogens with one attached hydrogen (secondary N) is 2. The van der Waals surface area contributed by atoms with Crippen LogP contribution in [-0.4, -0.2) is 112 Å². The lowest BCUT2D eigenvalue weighted by Crippen LogP contribution is -3.08. The van der Waals surface area contributed by atoms with Gasteiger partial charge in [0.05, 0.1) is 10.9 Å². The molecule has 5 heterocycles. The zero-order chi connectivity index (χ0) is 43.1. The maximum atomic E-state index is 13.5. The lowest BCUT2D eigenvalue weighted by atomic mass is 9.83. The number of phenolic OH excluding ortho intramolecular Hbond substituents is 1. The summed E-state index contributed by atoms with van der Waals surface area (Å²) in [5.74, 6) is -5.25. The van der Waals surface area contributed by atoms with Crippen LogP contribution in [0.2, 0.25) is 0 Å². The minimum atomic E-state index is -2.32. The van der Waals surface area contributed by atoms with E-state index in [0.717, 1.165) is 22.3 Å². The summed E-state index contributed by atoms with van der Waals surface area (Å²) in [5, 5.41) is 67.8. The molecular formula is C44H46N3O14+. The summed E-state index contributed by atoms with van der Waals surface area (Å²) in [4.78, 5) is 50.5. The fourth-order valence-electron chi connectivity index (χ4n) is 8.52. The van der Waals surface area contributed by atoms with Crippen molar-refractivity contribution >= 4 is 34.8 Å². The van der Waals surface area contributed by atoms with E-state index in [1.807, 2.05) is 38.1 Å². The molecule has 0 saturated carbocycles. The number of aliphatic carboxylic acids is 1. The lowest BCUT2D eigenvalue weighted by Gasteiger charge is -2.42. The van der Waals surface area contributed by atoms with Gasteiger partial charge in [-0.05, 0) is 87.2 Å². The summed E-state index contributed by atoms with van der Waals surface area (Å²) >= 11 is 0. The molecule has 17 heteroatoms. The van der Waals surface area contributed by atoms with Crippen molar-refractivity contribution in [1.82, 2.24) is 5.32 Å². The SMILES string of the molecule is Cc1cc(C)cc(C2=C3N=CC=C3C[NH+]2O[C@@H]2[C@@H](Oc3ccc4c(=O)c(-c5ccc(O)cc5)coc4c3)O[C@@H]([C@@H](O)OC(=O)[C@H](C(=O)O)[C@H]3NCCC[C@@H]3CO)[C@H](O)[C@H]2O)c1. The van der Waals surface area contributed by atoms with Crippen molar-refractivity contribution in [1.29, 1.82) is 0 Å². The Labute approximate surface area is 348 Å². The van der Waals surface area contributed by atoms with Crippen LogP contribution < -0.4 is 20.5 Å². The van der Waals surface area contributed by atoms with Crippen LogP contribution >= 0.6 is 0 Å². The van der Waals surface area contributed by atoms with Gasteiger partial charge in [0, 0.05) is 36.1 Å². The third-order valence-corrected chi connectivity index (χ3v) is 11.5. The largest absolute Gasteiger partial charge is 0.508 e. The van der Waals surface area contributed by atoms with Crippen LogP contribution in [0.5, 0.6) is 11.5 Å². The summed E-state index contributed by atoms with van der Waals surface area (Å²) in [6.07, 6.45) is -5.31. The Kier molecular flexibility index (Phi) is 11.9. The number of aliphatic hydroxyl groups is 4. The first-order valence-electron chi connectivity index (χ1n) is 19.9. The molecule has 1 unspecified atom stereocenters. The van der Waals surface area contributed by atoms with Crippen molar-refractivity contribution in [3.05, 3.63) is 111 Å². The number of rotatable bonds is 12. The number of ether oxygens (including phenoxy) is 3. The van der Waals surface area contributed by atoms with Gasteiger partial charge in [-0.1, -0.05) is 29.3 Å². The minimum Gasteiger partial charge on any atom is -0.508 e. The molecule has 320 valence electrons. The highest BCUT2D eigenvalue weighted by Gasteiger charge is 2.54. The number of aliphatic hydroxyl groups excluding tert-OH is 4. The molecule has 2 fully saturated rings.